The van der Waals surface area contributed by atoms with Gasteiger partial charge in [-0.25, -0.2) is 14.8 Å². The van der Waals surface area contributed by atoms with Crippen LogP contribution in [0, 0.1) is 0 Å². The standard InChI is InChI=1S/C12H22N8O4/c13-2-1-5-3-11(22,23)12-7(18-8(14)19-12)6(4-24-10(16)21)17-9(15)20(5)12/h5-7,22-23H,1-4,13H2,(H2,15,17)(H2,16,21)(H3,14,18,19)/t5?,6-,7-,12-/m0/s1. The van der Waals surface area contributed by atoms with Gasteiger partial charge in [0, 0.05) is 12.5 Å². The second kappa shape index (κ2) is 5.36. The van der Waals surface area contributed by atoms with Gasteiger partial charge in [-0.3, -0.25) is 0 Å². The Balaban J connectivity index is 2.04. The van der Waals surface area contributed by atoms with Crippen molar-refractivity contribution < 1.29 is 19.7 Å². The average molecular weight is 342 g/mol. The summed E-state index contributed by atoms with van der Waals surface area (Å²) in [6.45, 7) is 0.113. The molecular formula is C12H22N8O4. The zero-order valence-electron chi connectivity index (χ0n) is 12.9. The highest BCUT2D eigenvalue weighted by Gasteiger charge is 2.71. The zero-order chi connectivity index (χ0) is 17.7. The molecule has 1 fully saturated rings. The largest absolute Gasteiger partial charge is 0.447 e. The summed E-state index contributed by atoms with van der Waals surface area (Å²) >= 11 is 0. The van der Waals surface area contributed by atoms with Crippen molar-refractivity contribution in [3.63, 3.8) is 0 Å². The van der Waals surface area contributed by atoms with Gasteiger partial charge in [-0.15, -0.1) is 0 Å². The maximum absolute atomic E-state index is 10.9. The van der Waals surface area contributed by atoms with E-state index in [2.05, 4.69) is 15.3 Å². The summed E-state index contributed by atoms with van der Waals surface area (Å²) in [4.78, 5) is 21.0. The van der Waals surface area contributed by atoms with Crippen LogP contribution in [0.25, 0.3) is 0 Å². The molecule has 1 unspecified atom stereocenters. The highest BCUT2D eigenvalue weighted by atomic mass is 16.5. The van der Waals surface area contributed by atoms with Crippen LogP contribution in [0.1, 0.15) is 12.8 Å². The third kappa shape index (κ3) is 2.14. The molecule has 0 aromatic rings. The molecule has 3 heterocycles. The number of amides is 1. The maximum Gasteiger partial charge on any atom is 0.404 e. The zero-order valence-corrected chi connectivity index (χ0v) is 12.9. The first kappa shape index (κ1) is 16.5. The summed E-state index contributed by atoms with van der Waals surface area (Å²) in [5, 5.41) is 24.3. The first-order valence-corrected chi connectivity index (χ1v) is 7.54. The quantitative estimate of drug-likeness (QED) is 0.247. The maximum atomic E-state index is 10.9. The minimum atomic E-state index is -2.20. The second-order valence-corrected chi connectivity index (χ2v) is 6.16. The number of nitrogens with zero attached hydrogens (tertiary/aromatic N) is 3. The molecule has 134 valence electrons. The van der Waals surface area contributed by atoms with Gasteiger partial charge in [0.2, 0.25) is 5.79 Å². The molecule has 12 nitrogen and oxygen atoms in total. The van der Waals surface area contributed by atoms with Gasteiger partial charge in [-0.1, -0.05) is 0 Å². The summed E-state index contributed by atoms with van der Waals surface area (Å²) in [5.74, 6) is -2.13. The fourth-order valence-electron chi connectivity index (χ4n) is 3.90. The lowest BCUT2D eigenvalue weighted by Gasteiger charge is -2.49. The van der Waals surface area contributed by atoms with E-state index >= 15 is 0 Å². The highest BCUT2D eigenvalue weighted by Crippen LogP contribution is 2.47. The number of guanidine groups is 2. The third-order valence-electron chi connectivity index (χ3n) is 4.71. The van der Waals surface area contributed by atoms with E-state index in [1.165, 1.54) is 0 Å². The van der Waals surface area contributed by atoms with E-state index in [1.54, 1.807) is 4.90 Å². The Morgan fingerprint density at radius 1 is 1.42 bits per heavy atom. The third-order valence-corrected chi connectivity index (χ3v) is 4.71. The minimum absolute atomic E-state index is 0.0137. The number of hydrogen-bond donors (Lipinski definition) is 7. The first-order valence-electron chi connectivity index (χ1n) is 7.54. The molecule has 0 aromatic heterocycles. The van der Waals surface area contributed by atoms with Gasteiger partial charge < -0.3 is 48.1 Å². The molecule has 4 atom stereocenters. The fraction of sp³-hybridized carbons (Fsp3) is 0.750. The lowest BCUT2D eigenvalue weighted by Crippen LogP contribution is -2.77. The molecule has 0 saturated carbocycles. The summed E-state index contributed by atoms with van der Waals surface area (Å²) in [7, 11) is 0. The predicted octanol–water partition coefficient (Wildman–Crippen LogP) is -4.13. The average Bonchev–Trinajstić information content (AvgIpc) is 2.92. The fourth-order valence-corrected chi connectivity index (χ4v) is 3.90. The Bertz CT molecular complexity index is 608. The van der Waals surface area contributed by atoms with Crippen LogP contribution >= 0.6 is 0 Å². The molecule has 3 aliphatic rings. The second-order valence-electron chi connectivity index (χ2n) is 6.16. The van der Waals surface area contributed by atoms with Gasteiger partial charge in [0.25, 0.3) is 0 Å². The summed E-state index contributed by atoms with van der Waals surface area (Å²) in [6, 6.07) is -1.96. The van der Waals surface area contributed by atoms with Crippen LogP contribution in [0.2, 0.25) is 0 Å². The van der Waals surface area contributed by atoms with Gasteiger partial charge in [-0.05, 0) is 13.0 Å². The number of primary amides is 1. The van der Waals surface area contributed by atoms with Crippen LogP contribution in [0.3, 0.4) is 0 Å². The Hall–Kier alpha value is -2.31. The Morgan fingerprint density at radius 2 is 2.12 bits per heavy atom. The van der Waals surface area contributed by atoms with Crippen molar-refractivity contribution in [2.75, 3.05) is 13.2 Å². The van der Waals surface area contributed by atoms with Gasteiger partial charge >= 0.3 is 6.09 Å². The molecular weight excluding hydrogens is 320 g/mol. The lowest BCUT2D eigenvalue weighted by atomic mass is 9.86. The number of carbonyl (C=O) groups is 1. The Kier molecular flexibility index (Phi) is 3.69. The molecule has 0 bridgehead atoms. The van der Waals surface area contributed by atoms with E-state index in [-0.39, 0.29) is 31.0 Å². The van der Waals surface area contributed by atoms with Crippen LogP contribution in [-0.2, 0) is 4.74 Å². The van der Waals surface area contributed by atoms with Crippen molar-refractivity contribution >= 4 is 18.0 Å². The molecule has 0 aliphatic carbocycles. The monoisotopic (exact) mass is 342 g/mol. The van der Waals surface area contributed by atoms with Crippen LogP contribution in [0.5, 0.6) is 0 Å². The molecule has 12 heteroatoms. The molecule has 1 spiro atoms. The predicted molar refractivity (Wildman–Crippen MR) is 83.3 cm³/mol. The van der Waals surface area contributed by atoms with Crippen molar-refractivity contribution in [3.05, 3.63) is 0 Å². The number of nitrogens with one attached hydrogen (secondary N) is 1. The Morgan fingerprint density at radius 3 is 2.75 bits per heavy atom. The number of nitrogens with two attached hydrogens (primary N) is 4. The van der Waals surface area contributed by atoms with E-state index in [0.717, 1.165) is 0 Å². The molecule has 3 rings (SSSR count). The van der Waals surface area contributed by atoms with Gasteiger partial charge in [0.05, 0.1) is 0 Å². The van der Waals surface area contributed by atoms with Crippen molar-refractivity contribution in [1.29, 1.82) is 0 Å². The smallest absolute Gasteiger partial charge is 0.404 e. The molecule has 1 saturated heterocycles. The summed E-state index contributed by atoms with van der Waals surface area (Å²) in [6.07, 6.45) is -0.525. The summed E-state index contributed by atoms with van der Waals surface area (Å²) in [5.41, 5.74) is 21.0. The van der Waals surface area contributed by atoms with Crippen molar-refractivity contribution in [2.45, 2.75) is 42.4 Å². The van der Waals surface area contributed by atoms with Crippen molar-refractivity contribution in [1.82, 2.24) is 10.2 Å². The highest BCUT2D eigenvalue weighted by molar-refractivity contribution is 5.87. The van der Waals surface area contributed by atoms with E-state index in [1.807, 2.05) is 0 Å². The van der Waals surface area contributed by atoms with E-state index in [9.17, 15) is 15.0 Å². The first-order chi connectivity index (χ1) is 11.2. The number of carbonyl (C=O) groups excluding carboxylic acids is 1. The number of aliphatic imine (C=N–C) groups is 2. The van der Waals surface area contributed by atoms with Crippen LogP contribution < -0.4 is 28.3 Å². The number of aliphatic hydroxyl groups is 2. The SMILES string of the molecule is NCCC1CC(O)(O)[C@]23NC(N)=N[C@H]2[C@H](COC(N)=O)N=C(N)N13. The number of rotatable bonds is 4. The molecule has 3 aliphatic heterocycles. The lowest BCUT2D eigenvalue weighted by molar-refractivity contribution is -0.221. The Labute approximate surface area is 137 Å². The molecule has 0 aromatic carbocycles. The van der Waals surface area contributed by atoms with Gasteiger partial charge in [0.1, 0.15) is 18.7 Å². The topological polar surface area (TPSA) is 211 Å². The number of hydrogen-bond acceptors (Lipinski definition) is 11. The van der Waals surface area contributed by atoms with E-state index in [4.69, 9.17) is 27.7 Å². The van der Waals surface area contributed by atoms with Crippen LogP contribution in [-0.4, -0.2) is 75.9 Å². The van der Waals surface area contributed by atoms with Crippen molar-refractivity contribution in [2.24, 2.45) is 32.9 Å². The van der Waals surface area contributed by atoms with Gasteiger partial charge in [-0.2, -0.15) is 0 Å². The molecule has 1 amide bonds. The minimum Gasteiger partial charge on any atom is -0.447 e. The van der Waals surface area contributed by atoms with Crippen LogP contribution in [0.4, 0.5) is 4.79 Å². The van der Waals surface area contributed by atoms with E-state index < -0.39 is 29.6 Å². The van der Waals surface area contributed by atoms with Crippen LogP contribution in [0.15, 0.2) is 9.98 Å². The van der Waals surface area contributed by atoms with E-state index in [0.29, 0.717) is 13.0 Å². The van der Waals surface area contributed by atoms with Gasteiger partial charge in [0.15, 0.2) is 17.6 Å². The summed E-state index contributed by atoms with van der Waals surface area (Å²) < 4.78 is 4.80. The molecule has 11 N–H and O–H groups in total. The normalized spacial score (nSPS) is 36.3. The molecule has 0 radical (unpaired) electrons. The molecule has 24 heavy (non-hydrogen) atoms. The van der Waals surface area contributed by atoms with Crippen molar-refractivity contribution in [3.8, 4) is 0 Å². The number of ether oxygens (including phenoxy) is 1.